The van der Waals surface area contributed by atoms with Crippen LogP contribution in [0.3, 0.4) is 0 Å². The minimum Gasteiger partial charge on any atom is -0.481 e. The molecule has 1 aliphatic rings. The van der Waals surface area contributed by atoms with Crippen molar-refractivity contribution in [3.8, 4) is 0 Å². The van der Waals surface area contributed by atoms with Gasteiger partial charge in [0.25, 0.3) is 0 Å². The van der Waals surface area contributed by atoms with Crippen molar-refractivity contribution in [3.63, 3.8) is 0 Å². The zero-order chi connectivity index (χ0) is 12.5. The van der Waals surface area contributed by atoms with Crippen molar-refractivity contribution >= 4 is 17.3 Å². The molecule has 1 heterocycles. The molecular weight excluding hydrogens is 234 g/mol. The van der Waals surface area contributed by atoms with Crippen LogP contribution in [0.4, 0.5) is 0 Å². The summed E-state index contributed by atoms with van der Waals surface area (Å²) in [6.07, 6.45) is 1.63. The van der Waals surface area contributed by atoms with E-state index in [-0.39, 0.29) is 5.41 Å². The molecule has 2 rings (SSSR count). The van der Waals surface area contributed by atoms with Gasteiger partial charge in [-0.15, -0.1) is 11.3 Å². The summed E-state index contributed by atoms with van der Waals surface area (Å²) in [5.74, 6) is -0.654. The van der Waals surface area contributed by atoms with Gasteiger partial charge in [-0.2, -0.15) is 0 Å². The predicted octanol–water partition coefficient (Wildman–Crippen LogP) is 2.48. The van der Waals surface area contributed by atoms with E-state index in [4.69, 9.17) is 5.11 Å². The predicted molar refractivity (Wildman–Crippen MR) is 69.5 cm³/mol. The first-order valence-corrected chi connectivity index (χ1v) is 6.82. The average molecular weight is 253 g/mol. The van der Waals surface area contributed by atoms with E-state index in [1.165, 1.54) is 4.88 Å². The van der Waals surface area contributed by atoms with Crippen LogP contribution in [0.25, 0.3) is 0 Å². The third-order valence-electron chi connectivity index (χ3n) is 3.53. The number of hydrogen-bond donors (Lipinski definition) is 2. The minimum absolute atomic E-state index is 0.0722. The Balaban J connectivity index is 1.85. The van der Waals surface area contributed by atoms with Gasteiger partial charge in [0.05, 0.1) is 5.41 Å². The maximum atomic E-state index is 11.0. The summed E-state index contributed by atoms with van der Waals surface area (Å²) in [5, 5.41) is 14.5. The molecule has 0 spiro atoms. The number of carboxylic acids is 1. The molecule has 1 aromatic rings. The van der Waals surface area contributed by atoms with Crippen molar-refractivity contribution in [2.75, 3.05) is 13.1 Å². The Kier molecular flexibility index (Phi) is 3.27. The van der Waals surface area contributed by atoms with Gasteiger partial charge < -0.3 is 10.4 Å². The fourth-order valence-corrected chi connectivity index (χ4v) is 2.83. The molecule has 4 heteroatoms. The molecule has 0 aromatic carbocycles. The van der Waals surface area contributed by atoms with Gasteiger partial charge in [0.1, 0.15) is 0 Å². The summed E-state index contributed by atoms with van der Waals surface area (Å²) < 4.78 is 0. The molecular formula is C13H19NO2S. The molecule has 0 atom stereocenters. The second-order valence-electron chi connectivity index (χ2n) is 5.55. The molecule has 1 fully saturated rings. The van der Waals surface area contributed by atoms with Crippen LogP contribution in [0.1, 0.15) is 31.6 Å². The number of carboxylic acid groups (broad SMARTS) is 1. The van der Waals surface area contributed by atoms with Gasteiger partial charge in [0.2, 0.25) is 0 Å². The van der Waals surface area contributed by atoms with Crippen molar-refractivity contribution < 1.29 is 9.90 Å². The molecule has 0 aliphatic heterocycles. The van der Waals surface area contributed by atoms with E-state index >= 15 is 0 Å². The van der Waals surface area contributed by atoms with E-state index in [0.717, 1.165) is 19.4 Å². The standard InChI is InChI=1S/C13H19NO2S/c1-12(2,10-4-3-7-17-10)8-14-9-13(5-6-13)11(15)16/h3-4,7,14H,5-6,8-9H2,1-2H3,(H,15,16). The largest absolute Gasteiger partial charge is 0.481 e. The van der Waals surface area contributed by atoms with Gasteiger partial charge in [0, 0.05) is 23.4 Å². The number of carbonyl (C=O) groups is 1. The van der Waals surface area contributed by atoms with Crippen LogP contribution in [0.15, 0.2) is 17.5 Å². The first-order chi connectivity index (χ1) is 7.96. The highest BCUT2D eigenvalue weighted by Crippen LogP contribution is 2.45. The highest BCUT2D eigenvalue weighted by Gasteiger charge is 2.49. The molecule has 1 saturated carbocycles. The summed E-state index contributed by atoms with van der Waals surface area (Å²) >= 11 is 1.75. The Hall–Kier alpha value is -0.870. The topological polar surface area (TPSA) is 49.3 Å². The molecule has 0 radical (unpaired) electrons. The Bertz CT molecular complexity index is 394. The van der Waals surface area contributed by atoms with Gasteiger partial charge >= 0.3 is 5.97 Å². The van der Waals surface area contributed by atoms with E-state index in [0.29, 0.717) is 6.54 Å². The molecule has 1 aromatic heterocycles. The van der Waals surface area contributed by atoms with Crippen molar-refractivity contribution in [1.82, 2.24) is 5.32 Å². The van der Waals surface area contributed by atoms with E-state index < -0.39 is 11.4 Å². The van der Waals surface area contributed by atoms with Gasteiger partial charge in [-0.3, -0.25) is 4.79 Å². The van der Waals surface area contributed by atoms with Crippen LogP contribution in [-0.4, -0.2) is 24.2 Å². The summed E-state index contributed by atoms with van der Waals surface area (Å²) in [6.45, 7) is 5.79. The summed E-state index contributed by atoms with van der Waals surface area (Å²) in [7, 11) is 0. The van der Waals surface area contributed by atoms with Crippen molar-refractivity contribution in [1.29, 1.82) is 0 Å². The quantitative estimate of drug-likeness (QED) is 0.819. The lowest BCUT2D eigenvalue weighted by Gasteiger charge is -2.24. The SMILES string of the molecule is CC(C)(CNCC1(C(=O)O)CC1)c1cccs1. The van der Waals surface area contributed by atoms with Gasteiger partial charge in [-0.05, 0) is 24.3 Å². The summed E-state index contributed by atoms with van der Waals surface area (Å²) in [6, 6.07) is 4.19. The molecule has 1 aliphatic carbocycles. The van der Waals surface area contributed by atoms with E-state index in [9.17, 15) is 4.79 Å². The molecule has 0 saturated heterocycles. The zero-order valence-electron chi connectivity index (χ0n) is 10.3. The van der Waals surface area contributed by atoms with Crippen LogP contribution in [0.5, 0.6) is 0 Å². The van der Waals surface area contributed by atoms with E-state index in [1.807, 2.05) is 0 Å². The number of hydrogen-bond acceptors (Lipinski definition) is 3. The summed E-state index contributed by atoms with van der Waals surface area (Å²) in [4.78, 5) is 12.4. The summed E-state index contributed by atoms with van der Waals surface area (Å²) in [5.41, 5.74) is -0.395. The normalized spacial score (nSPS) is 18.0. The number of thiophene rings is 1. The minimum atomic E-state index is -0.654. The lowest BCUT2D eigenvalue weighted by molar-refractivity contribution is -0.143. The van der Waals surface area contributed by atoms with Crippen molar-refractivity contribution in [2.24, 2.45) is 5.41 Å². The maximum Gasteiger partial charge on any atom is 0.310 e. The lowest BCUT2D eigenvalue weighted by atomic mass is 9.91. The van der Waals surface area contributed by atoms with E-state index in [1.54, 1.807) is 11.3 Å². The Morgan fingerprint density at radius 2 is 2.29 bits per heavy atom. The fraction of sp³-hybridized carbons (Fsp3) is 0.615. The molecule has 94 valence electrons. The first-order valence-electron chi connectivity index (χ1n) is 5.94. The first kappa shape index (κ1) is 12.6. The lowest BCUT2D eigenvalue weighted by Crippen LogP contribution is -2.37. The second kappa shape index (κ2) is 4.42. The van der Waals surface area contributed by atoms with E-state index in [2.05, 4.69) is 36.7 Å². The average Bonchev–Trinajstić information content (AvgIpc) is 2.84. The van der Waals surface area contributed by atoms with Crippen LogP contribution >= 0.6 is 11.3 Å². The highest BCUT2D eigenvalue weighted by molar-refractivity contribution is 7.10. The highest BCUT2D eigenvalue weighted by atomic mass is 32.1. The molecule has 0 bridgehead atoms. The molecule has 2 N–H and O–H groups in total. The maximum absolute atomic E-state index is 11.0. The van der Waals surface area contributed by atoms with Crippen LogP contribution in [-0.2, 0) is 10.2 Å². The zero-order valence-corrected chi connectivity index (χ0v) is 11.1. The fourth-order valence-electron chi connectivity index (χ4n) is 1.98. The van der Waals surface area contributed by atoms with Crippen LogP contribution < -0.4 is 5.32 Å². The van der Waals surface area contributed by atoms with Crippen LogP contribution in [0, 0.1) is 5.41 Å². The monoisotopic (exact) mass is 253 g/mol. The molecule has 3 nitrogen and oxygen atoms in total. The third kappa shape index (κ3) is 2.69. The number of aliphatic carboxylic acids is 1. The van der Waals surface area contributed by atoms with Gasteiger partial charge in [-0.1, -0.05) is 19.9 Å². The number of rotatable bonds is 6. The smallest absolute Gasteiger partial charge is 0.310 e. The molecule has 0 amide bonds. The molecule has 17 heavy (non-hydrogen) atoms. The van der Waals surface area contributed by atoms with Crippen molar-refractivity contribution in [3.05, 3.63) is 22.4 Å². The Labute approximate surface area is 106 Å². The Morgan fingerprint density at radius 1 is 1.59 bits per heavy atom. The van der Waals surface area contributed by atoms with Crippen LogP contribution in [0.2, 0.25) is 0 Å². The second-order valence-corrected chi connectivity index (χ2v) is 6.50. The van der Waals surface area contributed by atoms with Gasteiger partial charge in [0.15, 0.2) is 0 Å². The Morgan fingerprint density at radius 3 is 2.76 bits per heavy atom. The third-order valence-corrected chi connectivity index (χ3v) is 4.76. The van der Waals surface area contributed by atoms with Crippen molar-refractivity contribution in [2.45, 2.75) is 32.1 Å². The molecule has 0 unspecified atom stereocenters. The van der Waals surface area contributed by atoms with Gasteiger partial charge in [-0.25, -0.2) is 0 Å². The number of nitrogens with one attached hydrogen (secondary N) is 1.